The number of hydrogen-bond acceptors (Lipinski definition) is 2. The molecule has 0 bridgehead atoms. The van der Waals surface area contributed by atoms with Gasteiger partial charge in [0.1, 0.15) is 0 Å². The van der Waals surface area contributed by atoms with Crippen LogP contribution in [0.5, 0.6) is 0 Å². The van der Waals surface area contributed by atoms with E-state index in [0.717, 1.165) is 18.9 Å². The van der Waals surface area contributed by atoms with Gasteiger partial charge in [0.25, 0.3) is 0 Å². The maximum Gasteiger partial charge on any atom is 0.232 e. The third-order valence-electron chi connectivity index (χ3n) is 5.07. The van der Waals surface area contributed by atoms with Gasteiger partial charge in [-0.25, -0.2) is 0 Å². The molecule has 0 aromatic carbocycles. The van der Waals surface area contributed by atoms with Crippen molar-refractivity contribution in [3.63, 3.8) is 0 Å². The van der Waals surface area contributed by atoms with Gasteiger partial charge in [-0.2, -0.15) is 0 Å². The molecule has 2 nitrogen and oxygen atoms in total. The van der Waals surface area contributed by atoms with Gasteiger partial charge in [-0.05, 0) is 42.9 Å². The number of hydrogen-bond donors (Lipinski definition) is 0. The number of halogens is 1. The van der Waals surface area contributed by atoms with Crippen LogP contribution < -0.4 is 0 Å². The number of carbonyl (C=O) groups excluding carboxylic acids is 1. The minimum atomic E-state index is -0.0997. The zero-order valence-corrected chi connectivity index (χ0v) is 13.8. The van der Waals surface area contributed by atoms with E-state index in [-0.39, 0.29) is 16.5 Å². The van der Waals surface area contributed by atoms with Gasteiger partial charge in [0.15, 0.2) is 0 Å². The average Bonchev–Trinajstić information content (AvgIpc) is 2.87. The Hall–Kier alpha value is -0.150. The van der Waals surface area contributed by atoms with E-state index >= 15 is 0 Å². The first kappa shape index (κ1) is 14.8. The molecule has 4 heteroatoms. The van der Waals surface area contributed by atoms with Crippen LogP contribution in [0.1, 0.15) is 51.9 Å². The first-order valence-corrected chi connectivity index (χ1v) is 9.34. The molecule has 4 atom stereocenters. The molecule has 1 saturated carbocycles. The van der Waals surface area contributed by atoms with Crippen molar-refractivity contribution in [1.29, 1.82) is 0 Å². The lowest BCUT2D eigenvalue weighted by atomic mass is 9.78. The van der Waals surface area contributed by atoms with E-state index in [1.165, 1.54) is 43.4 Å². The van der Waals surface area contributed by atoms with Crippen molar-refractivity contribution in [3.05, 3.63) is 11.0 Å². The molecule has 3 rings (SSSR count). The molecule has 20 heavy (non-hydrogen) atoms. The van der Waals surface area contributed by atoms with Crippen LogP contribution >= 0.6 is 23.4 Å². The molecule has 0 N–H and O–H groups in total. The lowest BCUT2D eigenvalue weighted by Crippen LogP contribution is -2.51. The van der Waals surface area contributed by atoms with Crippen molar-refractivity contribution >= 4 is 29.3 Å². The number of nitrogens with zero attached hydrogens (tertiary/aromatic N) is 1. The summed E-state index contributed by atoms with van der Waals surface area (Å²) in [5.74, 6) is 0.939. The second kappa shape index (κ2) is 6.31. The fourth-order valence-corrected chi connectivity index (χ4v) is 5.55. The number of fused-ring (bicyclic) bond motifs is 1. The van der Waals surface area contributed by atoms with Crippen molar-refractivity contribution in [2.45, 2.75) is 62.6 Å². The average molecular weight is 314 g/mol. The summed E-state index contributed by atoms with van der Waals surface area (Å²) in [6.07, 6.45) is 10.7. The summed E-state index contributed by atoms with van der Waals surface area (Å²) in [6, 6.07) is 0.498. The summed E-state index contributed by atoms with van der Waals surface area (Å²) in [7, 11) is 0. The highest BCUT2D eigenvalue weighted by molar-refractivity contribution is 8.05. The molecule has 0 aromatic heterocycles. The van der Waals surface area contributed by atoms with Crippen molar-refractivity contribution in [2.75, 3.05) is 6.54 Å². The maximum atomic E-state index is 12.9. The van der Waals surface area contributed by atoms with Gasteiger partial charge in [-0.15, -0.1) is 23.4 Å². The summed E-state index contributed by atoms with van der Waals surface area (Å²) in [5, 5.41) is 0. The fraction of sp³-hybridized carbons (Fsp3) is 0.812. The van der Waals surface area contributed by atoms with Crippen LogP contribution in [0.25, 0.3) is 0 Å². The van der Waals surface area contributed by atoms with Gasteiger partial charge in [0.05, 0.1) is 10.6 Å². The highest BCUT2D eigenvalue weighted by atomic mass is 35.5. The van der Waals surface area contributed by atoms with E-state index in [1.807, 2.05) is 0 Å². The molecule has 112 valence electrons. The van der Waals surface area contributed by atoms with Crippen LogP contribution in [0, 0.1) is 11.8 Å². The van der Waals surface area contributed by atoms with Crippen LogP contribution in [-0.4, -0.2) is 28.1 Å². The lowest BCUT2D eigenvalue weighted by Gasteiger charge is -2.45. The Kier molecular flexibility index (Phi) is 4.66. The van der Waals surface area contributed by atoms with E-state index in [0.29, 0.717) is 6.04 Å². The van der Waals surface area contributed by atoms with Crippen molar-refractivity contribution < 1.29 is 4.79 Å². The minimum absolute atomic E-state index is 0.0959. The van der Waals surface area contributed by atoms with Crippen molar-refractivity contribution in [1.82, 2.24) is 4.90 Å². The molecule has 4 unspecified atom stereocenters. The fourth-order valence-electron chi connectivity index (χ4n) is 4.01. The second-order valence-corrected chi connectivity index (χ2v) is 8.26. The molecule has 1 saturated heterocycles. The van der Waals surface area contributed by atoms with Gasteiger partial charge in [0, 0.05) is 12.6 Å². The van der Waals surface area contributed by atoms with Gasteiger partial charge in [-0.1, -0.05) is 25.8 Å². The highest BCUT2D eigenvalue weighted by Gasteiger charge is 2.41. The molecular formula is C16H24ClNOS. The molecule has 0 radical (unpaired) electrons. The third-order valence-corrected chi connectivity index (χ3v) is 6.86. The van der Waals surface area contributed by atoms with Gasteiger partial charge >= 0.3 is 0 Å². The van der Waals surface area contributed by atoms with E-state index in [4.69, 9.17) is 11.6 Å². The number of thioether (sulfide) groups is 1. The van der Waals surface area contributed by atoms with Crippen LogP contribution in [0.3, 0.4) is 0 Å². The number of allylic oxidation sites excluding steroid dienone is 1. The van der Waals surface area contributed by atoms with E-state index in [2.05, 4.69) is 17.9 Å². The summed E-state index contributed by atoms with van der Waals surface area (Å²) < 4.78 is -0.0959. The molecule has 0 spiro atoms. The predicted octanol–water partition coefficient (Wildman–Crippen LogP) is 4.39. The number of likely N-dealkylation sites (tertiary alicyclic amines) is 1. The zero-order chi connectivity index (χ0) is 14.1. The van der Waals surface area contributed by atoms with Gasteiger partial charge < -0.3 is 4.90 Å². The molecule has 1 amide bonds. The lowest BCUT2D eigenvalue weighted by molar-refractivity contribution is -0.140. The summed E-state index contributed by atoms with van der Waals surface area (Å²) in [6.45, 7) is 3.08. The zero-order valence-electron chi connectivity index (χ0n) is 12.2. The molecule has 2 heterocycles. The van der Waals surface area contributed by atoms with Crippen LogP contribution in [0.4, 0.5) is 0 Å². The number of piperidine rings is 1. The Morgan fingerprint density at radius 2 is 2.10 bits per heavy atom. The largest absolute Gasteiger partial charge is 0.339 e. The monoisotopic (exact) mass is 313 g/mol. The number of amides is 1. The van der Waals surface area contributed by atoms with E-state index in [9.17, 15) is 4.79 Å². The normalized spacial score (nSPS) is 37.5. The molecule has 2 aliphatic heterocycles. The molecule has 2 fully saturated rings. The topological polar surface area (TPSA) is 20.3 Å². The predicted molar refractivity (Wildman–Crippen MR) is 85.8 cm³/mol. The number of carbonyl (C=O) groups is 1. The Labute approximate surface area is 131 Å². The Morgan fingerprint density at radius 3 is 2.85 bits per heavy atom. The third kappa shape index (κ3) is 2.76. The number of rotatable bonds is 2. The Morgan fingerprint density at radius 1 is 1.35 bits per heavy atom. The quantitative estimate of drug-likeness (QED) is 0.705. The SMILES string of the molecule is CCC1=CC(C(=O)N2CCCC3CCCCC32)C(Cl)S1. The van der Waals surface area contributed by atoms with E-state index in [1.54, 1.807) is 11.8 Å². The number of alkyl halides is 1. The van der Waals surface area contributed by atoms with E-state index < -0.39 is 0 Å². The summed E-state index contributed by atoms with van der Waals surface area (Å²) >= 11 is 8.08. The van der Waals surface area contributed by atoms with Crippen molar-refractivity contribution in [3.8, 4) is 0 Å². The van der Waals surface area contributed by atoms with Crippen LogP contribution in [0.15, 0.2) is 11.0 Å². The van der Waals surface area contributed by atoms with Gasteiger partial charge in [0.2, 0.25) is 5.91 Å². The highest BCUT2D eigenvalue weighted by Crippen LogP contribution is 2.43. The molecule has 3 aliphatic rings. The summed E-state index contributed by atoms with van der Waals surface area (Å²) in [5.41, 5.74) is 0. The molecule has 0 aromatic rings. The van der Waals surface area contributed by atoms with Crippen LogP contribution in [0.2, 0.25) is 0 Å². The van der Waals surface area contributed by atoms with Crippen LogP contribution in [-0.2, 0) is 4.79 Å². The smallest absolute Gasteiger partial charge is 0.232 e. The second-order valence-electron chi connectivity index (χ2n) is 6.27. The Balaban J connectivity index is 1.74. The minimum Gasteiger partial charge on any atom is -0.339 e. The molecular weight excluding hydrogens is 290 g/mol. The standard InChI is InChI=1S/C16H24ClNOS/c1-2-12-10-13(15(17)20-12)16(19)18-9-5-7-11-6-3-4-8-14(11)18/h10-11,13-15H,2-9H2,1H3. The molecule has 1 aliphatic carbocycles. The first-order chi connectivity index (χ1) is 9.70. The Bertz CT molecular complexity index is 409. The van der Waals surface area contributed by atoms with Crippen molar-refractivity contribution in [2.24, 2.45) is 11.8 Å². The maximum absolute atomic E-state index is 12.9. The first-order valence-electron chi connectivity index (χ1n) is 8.02. The van der Waals surface area contributed by atoms with Gasteiger partial charge in [-0.3, -0.25) is 4.79 Å². The summed E-state index contributed by atoms with van der Waals surface area (Å²) in [4.78, 5) is 16.4.